The maximum absolute atomic E-state index is 2.59. The summed E-state index contributed by atoms with van der Waals surface area (Å²) in [6, 6.07) is 9.53. The summed E-state index contributed by atoms with van der Waals surface area (Å²) in [7, 11) is 0. The van der Waals surface area contributed by atoms with E-state index in [4.69, 9.17) is 0 Å². The minimum absolute atomic E-state index is 1.14. The van der Waals surface area contributed by atoms with Gasteiger partial charge >= 0.3 is 209 Å². The second kappa shape index (κ2) is 8.78. The van der Waals surface area contributed by atoms with Crippen molar-refractivity contribution >= 4 is 97.3 Å². The summed E-state index contributed by atoms with van der Waals surface area (Å²) in [5.74, 6) is 0. The first kappa shape index (κ1) is 23.8. The van der Waals surface area contributed by atoms with Gasteiger partial charge in [-0.3, -0.25) is 0 Å². The fraction of sp³-hybridized carbons (Fsp3) is 0.417. The zero-order valence-corrected chi connectivity index (χ0v) is 28.3. The van der Waals surface area contributed by atoms with E-state index in [-0.39, 0.29) is 0 Å². The summed E-state index contributed by atoms with van der Waals surface area (Å²) in [5, 5.41) is 0. The van der Waals surface area contributed by atoms with Crippen LogP contribution in [0.1, 0.15) is 23.6 Å². The molecule has 0 spiro atoms. The van der Waals surface area contributed by atoms with Gasteiger partial charge in [0.25, 0.3) is 0 Å². The standard InChI is InChI=1S/C18H14S4.6CH3.2Sn/c1-3-11-5-7-15(21-11)13-9-19-18-14(10-20-17(13)18)16-8-6-12(4-2)22-16;;;;;;;;/h5-8H,3-4H2,1-2H3;6*1H3;;. The van der Waals surface area contributed by atoms with Gasteiger partial charge in [0.1, 0.15) is 0 Å². The molecule has 6 heteroatoms. The van der Waals surface area contributed by atoms with Crippen molar-refractivity contribution in [3.63, 3.8) is 0 Å². The van der Waals surface area contributed by atoms with Crippen LogP contribution in [-0.2, 0) is 12.8 Å². The molecule has 0 saturated heterocycles. The summed E-state index contributed by atoms with van der Waals surface area (Å²) in [6.45, 7) is 4.56. The SMILES string of the molecule is CCc1ccc(-c2[c]([Sn]([CH3])([CH3])[CH3])sc3c(-c4ccc(CC)s4)[c]([Sn]([CH3])([CH3])[CH3])sc23)s1. The van der Waals surface area contributed by atoms with Crippen LogP contribution in [0.5, 0.6) is 0 Å². The topological polar surface area (TPSA) is 0 Å². The fourth-order valence-corrected chi connectivity index (χ4v) is 22.9. The van der Waals surface area contributed by atoms with Gasteiger partial charge in [-0.2, -0.15) is 0 Å². The average molecular weight is 686 g/mol. The average Bonchev–Trinajstić information content (AvgIpc) is 3.40. The summed E-state index contributed by atoms with van der Waals surface area (Å²) < 4.78 is 6.74. The molecule has 4 aromatic heterocycles. The molecule has 4 heterocycles. The first-order valence-electron chi connectivity index (χ1n) is 10.8. The van der Waals surface area contributed by atoms with Crippen LogP contribution < -0.4 is 5.79 Å². The van der Waals surface area contributed by atoms with E-state index in [2.05, 4.69) is 90.4 Å². The molecule has 0 radical (unpaired) electrons. The van der Waals surface area contributed by atoms with Crippen molar-refractivity contribution in [2.75, 3.05) is 0 Å². The number of hydrogen-bond acceptors (Lipinski definition) is 4. The van der Waals surface area contributed by atoms with Crippen LogP contribution in [0.25, 0.3) is 30.3 Å². The van der Waals surface area contributed by atoms with Crippen LogP contribution in [0.3, 0.4) is 0 Å². The van der Waals surface area contributed by atoms with Crippen molar-refractivity contribution < 1.29 is 0 Å². The molecule has 0 aromatic carbocycles. The molecule has 0 aliphatic heterocycles. The molecule has 0 fully saturated rings. The zero-order valence-electron chi connectivity index (χ0n) is 19.4. The molecule has 0 nitrogen and oxygen atoms in total. The molecule has 0 unspecified atom stereocenters. The first-order chi connectivity index (χ1) is 14.0. The van der Waals surface area contributed by atoms with Crippen molar-refractivity contribution in [3.8, 4) is 20.9 Å². The van der Waals surface area contributed by atoms with Crippen LogP contribution in [0.4, 0.5) is 0 Å². The third-order valence-electron chi connectivity index (χ3n) is 5.40. The third-order valence-corrected chi connectivity index (χ3v) is 29.2. The molecule has 0 bridgehead atoms. The Morgan fingerprint density at radius 3 is 1.20 bits per heavy atom. The Kier molecular flexibility index (Phi) is 6.97. The predicted octanol–water partition coefficient (Wildman–Crippen LogP) is 8.64. The molecule has 0 atom stereocenters. The first-order valence-corrected chi connectivity index (χ1v) is 34.1. The molecular formula is C24H32S4Sn2. The quantitative estimate of drug-likeness (QED) is 0.178. The van der Waals surface area contributed by atoms with Crippen molar-refractivity contribution in [2.24, 2.45) is 0 Å². The molecule has 0 aliphatic carbocycles. The molecule has 4 rings (SSSR count). The summed E-state index contributed by atoms with van der Waals surface area (Å²) in [5.41, 5.74) is 3.26. The Balaban J connectivity index is 2.08. The Bertz CT molecular complexity index is 1090. The van der Waals surface area contributed by atoms with Crippen LogP contribution in [0.15, 0.2) is 24.3 Å². The van der Waals surface area contributed by atoms with Gasteiger partial charge in [-0.15, -0.1) is 0 Å². The number of fused-ring (bicyclic) bond motifs is 1. The number of rotatable bonds is 6. The van der Waals surface area contributed by atoms with Crippen molar-refractivity contribution in [1.82, 2.24) is 0 Å². The predicted molar refractivity (Wildman–Crippen MR) is 151 cm³/mol. The summed E-state index contributed by atoms with van der Waals surface area (Å²) in [6.07, 6.45) is 2.28. The monoisotopic (exact) mass is 688 g/mol. The molecule has 30 heavy (non-hydrogen) atoms. The van der Waals surface area contributed by atoms with Gasteiger partial charge in [0.2, 0.25) is 0 Å². The molecule has 160 valence electrons. The van der Waals surface area contributed by atoms with E-state index in [0.717, 1.165) is 12.8 Å². The molecule has 0 N–H and O–H groups in total. The number of thiophene rings is 4. The number of hydrogen-bond donors (Lipinski definition) is 0. The second-order valence-corrected chi connectivity index (χ2v) is 45.0. The minimum atomic E-state index is -2.26. The molecule has 0 aliphatic rings. The van der Waals surface area contributed by atoms with E-state index in [9.17, 15) is 0 Å². The van der Waals surface area contributed by atoms with Crippen LogP contribution in [0, 0.1) is 0 Å². The van der Waals surface area contributed by atoms with E-state index >= 15 is 0 Å². The van der Waals surface area contributed by atoms with Gasteiger partial charge in [-0.05, 0) is 0 Å². The second-order valence-electron chi connectivity index (χ2n) is 10.0. The van der Waals surface area contributed by atoms with Gasteiger partial charge in [-0.25, -0.2) is 0 Å². The Labute approximate surface area is 206 Å². The van der Waals surface area contributed by atoms with Crippen LogP contribution in [0.2, 0.25) is 29.6 Å². The summed E-state index contributed by atoms with van der Waals surface area (Å²) in [4.78, 5) is 21.6. The van der Waals surface area contributed by atoms with E-state index in [1.165, 1.54) is 19.5 Å². The van der Waals surface area contributed by atoms with Crippen molar-refractivity contribution in [1.29, 1.82) is 0 Å². The Morgan fingerprint density at radius 2 is 0.933 bits per heavy atom. The third kappa shape index (κ3) is 4.39. The van der Waals surface area contributed by atoms with Gasteiger partial charge < -0.3 is 0 Å². The van der Waals surface area contributed by atoms with Crippen LogP contribution >= 0.6 is 45.3 Å². The van der Waals surface area contributed by atoms with Gasteiger partial charge in [0.15, 0.2) is 0 Å². The van der Waals surface area contributed by atoms with E-state index in [1.54, 1.807) is 26.3 Å². The van der Waals surface area contributed by atoms with Gasteiger partial charge in [0.05, 0.1) is 0 Å². The van der Waals surface area contributed by atoms with Crippen molar-refractivity contribution in [2.45, 2.75) is 56.3 Å². The summed E-state index contributed by atoms with van der Waals surface area (Å²) >= 11 is 3.87. The Morgan fingerprint density at radius 1 is 0.567 bits per heavy atom. The Hall–Kier alpha value is 0.657. The molecule has 4 aromatic rings. The molecular weight excluding hydrogens is 654 g/mol. The normalized spacial score (nSPS) is 12.9. The number of aryl methyl sites for hydroxylation is 2. The van der Waals surface area contributed by atoms with Gasteiger partial charge in [0, 0.05) is 0 Å². The van der Waals surface area contributed by atoms with Crippen LogP contribution in [-0.4, -0.2) is 36.8 Å². The van der Waals surface area contributed by atoms with Gasteiger partial charge in [-0.1, -0.05) is 0 Å². The van der Waals surface area contributed by atoms with E-state index in [1.807, 2.05) is 22.7 Å². The molecule has 0 saturated carbocycles. The maximum atomic E-state index is 2.59. The van der Waals surface area contributed by atoms with E-state index in [0.29, 0.717) is 0 Å². The molecule has 0 amide bonds. The van der Waals surface area contributed by atoms with Crippen molar-refractivity contribution in [3.05, 3.63) is 34.0 Å². The fourth-order valence-electron chi connectivity index (χ4n) is 3.84. The zero-order chi connectivity index (χ0) is 21.8. The van der Waals surface area contributed by atoms with E-state index < -0.39 is 36.8 Å².